The van der Waals surface area contributed by atoms with Crippen LogP contribution in [0.1, 0.15) is 66.2 Å². The fraction of sp³-hybridized carbons (Fsp3) is 0.933. The van der Waals surface area contributed by atoms with E-state index in [0.717, 1.165) is 32.2 Å². The zero-order valence-electron chi connectivity index (χ0n) is 13.0. The lowest BCUT2D eigenvalue weighted by atomic mass is 9.90. The minimum Gasteiger partial charge on any atom is -0.480 e. The zero-order chi connectivity index (χ0) is 14.7. The smallest absolute Gasteiger partial charge is 0.323 e. The SMILES string of the molecule is CCCNC(CC)(CCCOC(C)CCC)C(=O)O. The van der Waals surface area contributed by atoms with Crippen molar-refractivity contribution in [3.05, 3.63) is 0 Å². The lowest BCUT2D eigenvalue weighted by Gasteiger charge is -2.29. The van der Waals surface area contributed by atoms with E-state index in [1.807, 2.05) is 13.8 Å². The van der Waals surface area contributed by atoms with Crippen LogP contribution < -0.4 is 5.32 Å². The Balaban J connectivity index is 4.15. The van der Waals surface area contributed by atoms with Crippen LogP contribution in [0, 0.1) is 0 Å². The van der Waals surface area contributed by atoms with Crippen molar-refractivity contribution in [3.63, 3.8) is 0 Å². The molecule has 0 aromatic rings. The fourth-order valence-electron chi connectivity index (χ4n) is 2.24. The number of hydrogen-bond donors (Lipinski definition) is 2. The molecule has 0 aliphatic carbocycles. The lowest BCUT2D eigenvalue weighted by Crippen LogP contribution is -2.52. The highest BCUT2D eigenvalue weighted by molar-refractivity contribution is 5.78. The number of nitrogens with one attached hydrogen (secondary N) is 1. The van der Waals surface area contributed by atoms with Crippen molar-refractivity contribution < 1.29 is 14.6 Å². The topological polar surface area (TPSA) is 58.6 Å². The van der Waals surface area contributed by atoms with Crippen molar-refractivity contribution >= 4 is 5.97 Å². The summed E-state index contributed by atoms with van der Waals surface area (Å²) in [5, 5.41) is 12.6. The van der Waals surface area contributed by atoms with Crippen LogP contribution >= 0.6 is 0 Å². The number of rotatable bonds is 12. The molecule has 2 N–H and O–H groups in total. The quantitative estimate of drug-likeness (QED) is 0.536. The fourth-order valence-corrected chi connectivity index (χ4v) is 2.24. The number of aliphatic carboxylic acids is 1. The summed E-state index contributed by atoms with van der Waals surface area (Å²) in [6.07, 6.45) is 5.41. The molecule has 19 heavy (non-hydrogen) atoms. The highest BCUT2D eigenvalue weighted by Crippen LogP contribution is 2.18. The van der Waals surface area contributed by atoms with Gasteiger partial charge in [0.05, 0.1) is 6.10 Å². The van der Waals surface area contributed by atoms with Crippen LogP contribution in [-0.4, -0.2) is 35.9 Å². The molecular formula is C15H31NO3. The number of hydrogen-bond acceptors (Lipinski definition) is 3. The van der Waals surface area contributed by atoms with Crippen LogP contribution in [0.5, 0.6) is 0 Å². The maximum atomic E-state index is 11.5. The van der Waals surface area contributed by atoms with Crippen molar-refractivity contribution in [1.82, 2.24) is 5.32 Å². The van der Waals surface area contributed by atoms with Gasteiger partial charge in [0.1, 0.15) is 5.54 Å². The van der Waals surface area contributed by atoms with E-state index in [0.29, 0.717) is 19.4 Å². The van der Waals surface area contributed by atoms with Gasteiger partial charge in [0.2, 0.25) is 0 Å². The highest BCUT2D eigenvalue weighted by atomic mass is 16.5. The van der Waals surface area contributed by atoms with Gasteiger partial charge in [-0.25, -0.2) is 0 Å². The molecule has 0 bridgehead atoms. The third-order valence-electron chi connectivity index (χ3n) is 3.57. The van der Waals surface area contributed by atoms with E-state index in [1.54, 1.807) is 0 Å². The van der Waals surface area contributed by atoms with Crippen LogP contribution in [0.15, 0.2) is 0 Å². The maximum absolute atomic E-state index is 11.5. The summed E-state index contributed by atoms with van der Waals surface area (Å²) in [5.74, 6) is -0.745. The third-order valence-corrected chi connectivity index (χ3v) is 3.57. The summed E-state index contributed by atoms with van der Waals surface area (Å²) < 4.78 is 5.69. The molecule has 0 rings (SSSR count). The molecule has 0 saturated heterocycles. The van der Waals surface area contributed by atoms with Gasteiger partial charge < -0.3 is 15.2 Å². The first-order valence-corrected chi connectivity index (χ1v) is 7.62. The second-order valence-electron chi connectivity index (χ2n) is 5.24. The molecule has 0 spiro atoms. The molecule has 0 aliphatic rings. The average Bonchev–Trinajstić information content (AvgIpc) is 2.38. The molecule has 0 amide bonds. The first-order valence-electron chi connectivity index (χ1n) is 7.62. The van der Waals surface area contributed by atoms with Crippen molar-refractivity contribution in [2.45, 2.75) is 77.9 Å². The summed E-state index contributed by atoms with van der Waals surface area (Å²) in [5.41, 5.74) is -0.784. The Morgan fingerprint density at radius 3 is 2.47 bits per heavy atom. The molecule has 2 atom stereocenters. The largest absolute Gasteiger partial charge is 0.480 e. The van der Waals surface area contributed by atoms with E-state index in [-0.39, 0.29) is 6.10 Å². The van der Waals surface area contributed by atoms with Gasteiger partial charge in [-0.05, 0) is 45.6 Å². The van der Waals surface area contributed by atoms with E-state index in [1.165, 1.54) is 0 Å². The standard InChI is InChI=1S/C15H31NO3/c1-5-9-13(4)19-12-8-10-15(7-3,14(17)18)16-11-6-2/h13,16H,5-12H2,1-4H3,(H,17,18). The van der Waals surface area contributed by atoms with E-state index in [2.05, 4.69) is 19.2 Å². The van der Waals surface area contributed by atoms with Gasteiger partial charge in [-0.1, -0.05) is 27.2 Å². The normalized spacial score (nSPS) is 16.0. The Labute approximate surface area is 117 Å². The summed E-state index contributed by atoms with van der Waals surface area (Å²) in [6, 6.07) is 0. The summed E-state index contributed by atoms with van der Waals surface area (Å²) in [4.78, 5) is 11.5. The molecular weight excluding hydrogens is 242 g/mol. The molecule has 0 fully saturated rings. The molecule has 2 unspecified atom stereocenters. The van der Waals surface area contributed by atoms with Crippen LogP contribution in [0.25, 0.3) is 0 Å². The number of carboxylic acids is 1. The molecule has 0 radical (unpaired) electrons. The first kappa shape index (κ1) is 18.4. The van der Waals surface area contributed by atoms with Crippen molar-refractivity contribution in [2.75, 3.05) is 13.2 Å². The van der Waals surface area contributed by atoms with E-state index in [4.69, 9.17) is 4.74 Å². The summed E-state index contributed by atoms with van der Waals surface area (Å²) in [7, 11) is 0. The van der Waals surface area contributed by atoms with Gasteiger partial charge in [-0.3, -0.25) is 4.79 Å². The average molecular weight is 273 g/mol. The van der Waals surface area contributed by atoms with E-state index in [9.17, 15) is 9.90 Å². The van der Waals surface area contributed by atoms with E-state index < -0.39 is 11.5 Å². The molecule has 0 heterocycles. The molecule has 4 nitrogen and oxygen atoms in total. The summed E-state index contributed by atoms with van der Waals surface area (Å²) >= 11 is 0. The Kier molecular flexibility index (Phi) is 9.88. The van der Waals surface area contributed by atoms with Crippen molar-refractivity contribution in [3.8, 4) is 0 Å². The Bertz CT molecular complexity index is 246. The van der Waals surface area contributed by atoms with Crippen molar-refractivity contribution in [1.29, 1.82) is 0 Å². The van der Waals surface area contributed by atoms with Gasteiger partial charge in [0.15, 0.2) is 0 Å². The highest BCUT2D eigenvalue weighted by Gasteiger charge is 2.35. The van der Waals surface area contributed by atoms with Gasteiger partial charge in [0, 0.05) is 6.61 Å². The molecule has 0 aliphatic heterocycles. The number of carboxylic acid groups (broad SMARTS) is 1. The lowest BCUT2D eigenvalue weighted by molar-refractivity contribution is -0.145. The predicted octanol–water partition coefficient (Wildman–Crippen LogP) is 3.20. The minimum atomic E-state index is -0.784. The van der Waals surface area contributed by atoms with Crippen LogP contribution in [0.4, 0.5) is 0 Å². The Morgan fingerprint density at radius 1 is 1.32 bits per heavy atom. The molecule has 0 aromatic carbocycles. The Morgan fingerprint density at radius 2 is 2.00 bits per heavy atom. The minimum absolute atomic E-state index is 0.273. The maximum Gasteiger partial charge on any atom is 0.323 e. The van der Waals surface area contributed by atoms with Gasteiger partial charge in [0.25, 0.3) is 0 Å². The monoisotopic (exact) mass is 273 g/mol. The predicted molar refractivity (Wildman–Crippen MR) is 78.5 cm³/mol. The molecule has 4 heteroatoms. The molecule has 114 valence electrons. The van der Waals surface area contributed by atoms with Crippen molar-refractivity contribution in [2.24, 2.45) is 0 Å². The van der Waals surface area contributed by atoms with Gasteiger partial charge >= 0.3 is 5.97 Å². The second-order valence-corrected chi connectivity index (χ2v) is 5.24. The van der Waals surface area contributed by atoms with E-state index >= 15 is 0 Å². The second kappa shape index (κ2) is 10.2. The Hall–Kier alpha value is -0.610. The third kappa shape index (κ3) is 6.92. The van der Waals surface area contributed by atoms with Crippen LogP contribution in [0.3, 0.4) is 0 Å². The van der Waals surface area contributed by atoms with Gasteiger partial charge in [-0.15, -0.1) is 0 Å². The summed E-state index contributed by atoms with van der Waals surface area (Å²) in [6.45, 7) is 9.57. The molecule has 0 aromatic heterocycles. The first-order chi connectivity index (χ1) is 9.02. The zero-order valence-corrected chi connectivity index (χ0v) is 13.0. The van der Waals surface area contributed by atoms with Gasteiger partial charge in [-0.2, -0.15) is 0 Å². The van der Waals surface area contributed by atoms with Crippen LogP contribution in [0.2, 0.25) is 0 Å². The molecule has 0 saturated carbocycles. The van der Waals surface area contributed by atoms with Crippen LogP contribution in [-0.2, 0) is 9.53 Å². The number of carbonyl (C=O) groups is 1. The number of ether oxygens (including phenoxy) is 1.